The van der Waals surface area contributed by atoms with E-state index in [0.717, 1.165) is 56.4 Å². The average molecular weight is 396 g/mol. The minimum Gasteiger partial charge on any atom is -0.384 e. The first-order valence-electron chi connectivity index (χ1n) is 8.33. The molecule has 7 nitrogen and oxygen atoms in total. The largest absolute Gasteiger partial charge is 0.384 e. The Morgan fingerprint density at radius 1 is 1.23 bits per heavy atom. The lowest BCUT2D eigenvalue weighted by Crippen LogP contribution is -2.28. The molecule has 0 amide bonds. The normalized spacial score (nSPS) is 12.6. The summed E-state index contributed by atoms with van der Waals surface area (Å²) >= 11 is 0. The number of anilines is 1. The maximum atomic E-state index is 4.70. The van der Waals surface area contributed by atoms with Crippen LogP contribution in [0.4, 0.5) is 5.69 Å². The van der Waals surface area contributed by atoms with E-state index in [4.69, 9.17) is 5.10 Å². The highest BCUT2D eigenvalue weighted by molar-refractivity contribution is 5.85. The number of hydrogen-bond acceptors (Lipinski definition) is 5. The Morgan fingerprint density at radius 2 is 2.15 bits per heavy atom. The Morgan fingerprint density at radius 3 is 2.96 bits per heavy atom. The van der Waals surface area contributed by atoms with Crippen LogP contribution in [0.5, 0.6) is 0 Å². The second kappa shape index (κ2) is 9.56. The van der Waals surface area contributed by atoms with Crippen LogP contribution < -0.4 is 10.6 Å². The van der Waals surface area contributed by atoms with Crippen LogP contribution in [0.15, 0.2) is 43.0 Å². The van der Waals surface area contributed by atoms with Crippen LogP contribution in [0.3, 0.4) is 0 Å². The van der Waals surface area contributed by atoms with E-state index in [2.05, 4.69) is 35.9 Å². The van der Waals surface area contributed by atoms with Gasteiger partial charge in [0.1, 0.15) is 5.69 Å². The Kier molecular flexibility index (Phi) is 7.44. The molecule has 0 unspecified atom stereocenters. The summed E-state index contributed by atoms with van der Waals surface area (Å²) in [6.45, 7) is 4.58. The van der Waals surface area contributed by atoms with Crippen LogP contribution in [-0.2, 0) is 19.6 Å². The lowest BCUT2D eigenvalue weighted by molar-refractivity contribution is 0.476. The standard InChI is InChI=1S/C17H21N7.2ClH/c1-3-14(12-18-4-1)20-5-2-8-23-9-7-21-17(23)16-11-15-13-19-6-10-24(15)22-16;;/h1,3-4,7,9,11-12,19-20H,2,5-6,8,10,13H2;2*1H. The molecule has 0 radical (unpaired) electrons. The smallest absolute Gasteiger partial charge is 0.160 e. The Hall–Kier alpha value is -2.09. The van der Waals surface area contributed by atoms with E-state index in [1.54, 1.807) is 6.20 Å². The summed E-state index contributed by atoms with van der Waals surface area (Å²) in [5.41, 5.74) is 3.24. The van der Waals surface area contributed by atoms with E-state index in [0.29, 0.717) is 0 Å². The molecule has 0 atom stereocenters. The van der Waals surface area contributed by atoms with Gasteiger partial charge in [-0.3, -0.25) is 9.67 Å². The predicted octanol–water partition coefficient (Wildman–Crippen LogP) is 2.59. The topological polar surface area (TPSA) is 72.6 Å². The van der Waals surface area contributed by atoms with Gasteiger partial charge in [0.05, 0.1) is 17.9 Å². The molecule has 3 aromatic rings. The van der Waals surface area contributed by atoms with Crippen LogP contribution in [0.2, 0.25) is 0 Å². The van der Waals surface area contributed by atoms with E-state index in [1.807, 2.05) is 30.7 Å². The molecule has 0 fully saturated rings. The van der Waals surface area contributed by atoms with Crippen LogP contribution in [-0.4, -0.2) is 37.4 Å². The van der Waals surface area contributed by atoms with Crippen molar-refractivity contribution in [3.05, 3.63) is 48.7 Å². The lowest BCUT2D eigenvalue weighted by atomic mass is 10.3. The first-order valence-corrected chi connectivity index (χ1v) is 8.33. The molecule has 4 rings (SSSR count). The first kappa shape index (κ1) is 20.2. The van der Waals surface area contributed by atoms with Crippen molar-refractivity contribution in [2.24, 2.45) is 0 Å². The van der Waals surface area contributed by atoms with E-state index >= 15 is 0 Å². The van der Waals surface area contributed by atoms with Gasteiger partial charge in [-0.15, -0.1) is 24.8 Å². The zero-order valence-corrected chi connectivity index (χ0v) is 16.0. The average Bonchev–Trinajstić information content (AvgIpc) is 3.25. The van der Waals surface area contributed by atoms with Gasteiger partial charge in [-0.1, -0.05) is 0 Å². The second-order valence-corrected chi connectivity index (χ2v) is 5.89. The summed E-state index contributed by atoms with van der Waals surface area (Å²) < 4.78 is 4.25. The molecule has 4 heterocycles. The molecule has 0 bridgehead atoms. The lowest BCUT2D eigenvalue weighted by Gasteiger charge is -2.13. The molecule has 26 heavy (non-hydrogen) atoms. The molecule has 0 spiro atoms. The zero-order valence-electron chi connectivity index (χ0n) is 14.3. The highest BCUT2D eigenvalue weighted by Crippen LogP contribution is 2.19. The number of aryl methyl sites for hydroxylation is 1. The first-order chi connectivity index (χ1) is 11.9. The van der Waals surface area contributed by atoms with Crippen molar-refractivity contribution < 1.29 is 0 Å². The summed E-state index contributed by atoms with van der Waals surface area (Å²) in [6.07, 6.45) is 8.50. The predicted molar refractivity (Wildman–Crippen MR) is 107 cm³/mol. The molecule has 0 aliphatic carbocycles. The molecular formula is C17H23Cl2N7. The van der Waals surface area contributed by atoms with E-state index in [1.165, 1.54) is 5.69 Å². The molecule has 0 aromatic carbocycles. The molecule has 1 aliphatic heterocycles. The van der Waals surface area contributed by atoms with Crippen molar-refractivity contribution in [1.82, 2.24) is 29.6 Å². The van der Waals surface area contributed by atoms with Crippen LogP contribution in [0, 0.1) is 0 Å². The maximum Gasteiger partial charge on any atom is 0.160 e. The van der Waals surface area contributed by atoms with Crippen LogP contribution in [0.1, 0.15) is 12.1 Å². The van der Waals surface area contributed by atoms with E-state index in [9.17, 15) is 0 Å². The van der Waals surface area contributed by atoms with Gasteiger partial charge in [-0.2, -0.15) is 5.10 Å². The molecule has 9 heteroatoms. The molecule has 3 aromatic heterocycles. The monoisotopic (exact) mass is 395 g/mol. The van der Waals surface area contributed by atoms with E-state index < -0.39 is 0 Å². The number of nitrogens with zero attached hydrogens (tertiary/aromatic N) is 5. The molecule has 0 saturated carbocycles. The van der Waals surface area contributed by atoms with Crippen molar-refractivity contribution in [2.45, 2.75) is 26.1 Å². The fourth-order valence-electron chi connectivity index (χ4n) is 2.97. The van der Waals surface area contributed by atoms with Crippen molar-refractivity contribution in [3.63, 3.8) is 0 Å². The minimum absolute atomic E-state index is 0. The highest BCUT2D eigenvalue weighted by Gasteiger charge is 2.15. The Labute approximate surface area is 165 Å². The van der Waals surface area contributed by atoms with Crippen LogP contribution in [0.25, 0.3) is 11.5 Å². The zero-order chi connectivity index (χ0) is 16.2. The van der Waals surface area contributed by atoms with Gasteiger partial charge in [0.2, 0.25) is 0 Å². The molecule has 140 valence electrons. The number of fused-ring (bicyclic) bond motifs is 1. The van der Waals surface area contributed by atoms with Gasteiger partial charge in [0, 0.05) is 51.0 Å². The minimum atomic E-state index is 0. The number of aromatic nitrogens is 5. The fraction of sp³-hybridized carbons (Fsp3) is 0.353. The third-order valence-electron chi connectivity index (χ3n) is 4.18. The van der Waals surface area contributed by atoms with Crippen molar-refractivity contribution >= 4 is 30.5 Å². The van der Waals surface area contributed by atoms with Gasteiger partial charge >= 0.3 is 0 Å². The number of rotatable bonds is 6. The van der Waals surface area contributed by atoms with Gasteiger partial charge in [0.15, 0.2) is 5.82 Å². The van der Waals surface area contributed by atoms with E-state index in [-0.39, 0.29) is 24.8 Å². The third kappa shape index (κ3) is 4.55. The third-order valence-corrected chi connectivity index (χ3v) is 4.18. The summed E-state index contributed by atoms with van der Waals surface area (Å²) in [7, 11) is 0. The fourth-order valence-corrected chi connectivity index (χ4v) is 2.97. The van der Waals surface area contributed by atoms with Gasteiger partial charge < -0.3 is 15.2 Å². The number of halogens is 2. The second-order valence-electron chi connectivity index (χ2n) is 5.89. The summed E-state index contributed by atoms with van der Waals surface area (Å²) in [5.74, 6) is 0.943. The number of hydrogen-bond donors (Lipinski definition) is 2. The Balaban J connectivity index is 0.00000121. The summed E-state index contributed by atoms with van der Waals surface area (Å²) in [5, 5.41) is 11.5. The number of nitrogens with one attached hydrogen (secondary N) is 2. The van der Waals surface area contributed by atoms with Gasteiger partial charge in [-0.25, -0.2) is 4.98 Å². The SMILES string of the molecule is Cl.Cl.c1cncc(NCCCn2ccnc2-c2cc3n(n2)CCNC3)c1. The maximum absolute atomic E-state index is 4.70. The van der Waals surface area contributed by atoms with Crippen LogP contribution >= 0.6 is 24.8 Å². The van der Waals surface area contributed by atoms with Crippen molar-refractivity contribution in [1.29, 1.82) is 0 Å². The van der Waals surface area contributed by atoms with Gasteiger partial charge in [-0.05, 0) is 24.6 Å². The van der Waals surface area contributed by atoms with Gasteiger partial charge in [0.25, 0.3) is 0 Å². The quantitative estimate of drug-likeness (QED) is 0.627. The number of pyridine rings is 1. The van der Waals surface area contributed by atoms with Crippen molar-refractivity contribution in [2.75, 3.05) is 18.4 Å². The molecular weight excluding hydrogens is 373 g/mol. The summed E-state index contributed by atoms with van der Waals surface area (Å²) in [4.78, 5) is 8.61. The molecule has 0 saturated heterocycles. The highest BCUT2D eigenvalue weighted by atomic mass is 35.5. The summed E-state index contributed by atoms with van der Waals surface area (Å²) in [6, 6.07) is 6.10. The number of imidazole rings is 1. The Bertz CT molecular complexity index is 777. The molecule has 2 N–H and O–H groups in total. The van der Waals surface area contributed by atoms with Crippen molar-refractivity contribution in [3.8, 4) is 11.5 Å². The molecule has 1 aliphatic rings.